The van der Waals surface area contributed by atoms with Crippen molar-refractivity contribution in [1.82, 2.24) is 10.2 Å². The molecule has 0 heterocycles. The van der Waals surface area contributed by atoms with Gasteiger partial charge in [0.25, 0.3) is 0 Å². The van der Waals surface area contributed by atoms with Crippen molar-refractivity contribution in [1.29, 1.82) is 0 Å². The Bertz CT molecular complexity index is 1120. The van der Waals surface area contributed by atoms with E-state index in [-0.39, 0.29) is 24.2 Å². The van der Waals surface area contributed by atoms with Crippen LogP contribution in [0.15, 0.2) is 42.5 Å². The van der Waals surface area contributed by atoms with Gasteiger partial charge in [0.1, 0.15) is 12.6 Å². The van der Waals surface area contributed by atoms with Crippen molar-refractivity contribution < 1.29 is 18.0 Å². The van der Waals surface area contributed by atoms with Gasteiger partial charge in [-0.1, -0.05) is 54.7 Å². The average Bonchev–Trinajstić information content (AvgIpc) is 2.78. The molecule has 2 aromatic carbocycles. The Morgan fingerprint density at radius 2 is 1.54 bits per heavy atom. The van der Waals surface area contributed by atoms with E-state index in [4.69, 9.17) is 34.8 Å². The van der Waals surface area contributed by atoms with Gasteiger partial charge in [-0.3, -0.25) is 13.9 Å². The summed E-state index contributed by atoms with van der Waals surface area (Å²) in [5, 5.41) is 4.01. The van der Waals surface area contributed by atoms with E-state index >= 15 is 0 Å². The van der Waals surface area contributed by atoms with Crippen molar-refractivity contribution in [2.75, 3.05) is 17.1 Å². The highest BCUT2D eigenvalue weighted by Crippen LogP contribution is 2.28. The highest BCUT2D eigenvalue weighted by molar-refractivity contribution is 7.92. The number of amides is 2. The standard InChI is InChI=1S/C24H30Cl3N3O4S/c1-5-16(3)28-24(32)22(6-2)29(14-19-20(26)8-7-9-21(19)27)23(31)15-30(35(4,33)34)18-12-10-17(25)11-13-18/h7-13,16,22H,5-6,14-15H2,1-4H3,(H,28,32)/t16-,22-/m0/s1. The van der Waals surface area contributed by atoms with E-state index in [0.717, 1.165) is 10.6 Å². The maximum Gasteiger partial charge on any atom is 0.244 e. The Morgan fingerprint density at radius 3 is 2.03 bits per heavy atom. The molecule has 2 amide bonds. The predicted octanol–water partition coefficient (Wildman–Crippen LogP) is 5.13. The fourth-order valence-corrected chi connectivity index (χ4v) is 4.93. The van der Waals surface area contributed by atoms with Crippen molar-refractivity contribution in [2.45, 2.75) is 52.2 Å². The number of benzene rings is 2. The van der Waals surface area contributed by atoms with E-state index in [1.807, 2.05) is 13.8 Å². The van der Waals surface area contributed by atoms with Crippen molar-refractivity contribution in [3.8, 4) is 0 Å². The first-order valence-corrected chi connectivity index (χ1v) is 14.1. The lowest BCUT2D eigenvalue weighted by molar-refractivity contribution is -0.140. The summed E-state index contributed by atoms with van der Waals surface area (Å²) in [7, 11) is -3.83. The molecule has 0 saturated carbocycles. The van der Waals surface area contributed by atoms with Gasteiger partial charge in [-0.25, -0.2) is 8.42 Å². The summed E-state index contributed by atoms with van der Waals surface area (Å²) in [5.41, 5.74) is 0.745. The minimum absolute atomic E-state index is 0.0675. The number of hydrogen-bond acceptors (Lipinski definition) is 4. The molecule has 35 heavy (non-hydrogen) atoms. The first kappa shape index (κ1) is 29.2. The SMILES string of the molecule is CC[C@H](C)NC(=O)[C@H](CC)N(Cc1c(Cl)cccc1Cl)C(=O)CN(c1ccc(Cl)cc1)S(C)(=O)=O. The van der Waals surface area contributed by atoms with Crippen LogP contribution in [0.25, 0.3) is 0 Å². The third-order valence-corrected chi connectivity index (χ3v) is 7.67. The van der Waals surface area contributed by atoms with Gasteiger partial charge in [-0.2, -0.15) is 0 Å². The summed E-state index contributed by atoms with van der Waals surface area (Å²) in [4.78, 5) is 28.1. The molecular weight excluding hydrogens is 533 g/mol. The number of nitrogens with one attached hydrogen (secondary N) is 1. The Labute approximate surface area is 222 Å². The Morgan fingerprint density at radius 1 is 0.971 bits per heavy atom. The van der Waals surface area contributed by atoms with E-state index in [9.17, 15) is 18.0 Å². The van der Waals surface area contributed by atoms with E-state index in [0.29, 0.717) is 33.5 Å². The van der Waals surface area contributed by atoms with Crippen LogP contribution in [0, 0.1) is 0 Å². The third-order valence-electron chi connectivity index (χ3n) is 5.57. The quantitative estimate of drug-likeness (QED) is 0.411. The van der Waals surface area contributed by atoms with Gasteiger partial charge in [0.2, 0.25) is 21.8 Å². The van der Waals surface area contributed by atoms with Gasteiger partial charge in [0.15, 0.2) is 0 Å². The van der Waals surface area contributed by atoms with Crippen LogP contribution in [0.5, 0.6) is 0 Å². The smallest absolute Gasteiger partial charge is 0.244 e. The zero-order valence-electron chi connectivity index (χ0n) is 20.1. The van der Waals surface area contributed by atoms with Crippen LogP contribution in [0.4, 0.5) is 5.69 Å². The largest absolute Gasteiger partial charge is 0.352 e. The molecular formula is C24H30Cl3N3O4S. The van der Waals surface area contributed by atoms with Crippen LogP contribution < -0.4 is 9.62 Å². The van der Waals surface area contributed by atoms with Gasteiger partial charge in [-0.15, -0.1) is 0 Å². The number of nitrogens with zero attached hydrogens (tertiary/aromatic N) is 2. The fourth-order valence-electron chi connectivity index (χ4n) is 3.44. The molecule has 192 valence electrons. The van der Waals surface area contributed by atoms with Crippen molar-refractivity contribution in [2.24, 2.45) is 0 Å². The lowest BCUT2D eigenvalue weighted by Crippen LogP contribution is -2.53. The van der Waals surface area contributed by atoms with Gasteiger partial charge in [0.05, 0.1) is 11.9 Å². The second-order valence-electron chi connectivity index (χ2n) is 8.21. The van der Waals surface area contributed by atoms with E-state index in [1.54, 1.807) is 25.1 Å². The lowest BCUT2D eigenvalue weighted by Gasteiger charge is -2.33. The molecule has 7 nitrogen and oxygen atoms in total. The topological polar surface area (TPSA) is 86.8 Å². The Kier molecular flexibility index (Phi) is 10.7. The second-order valence-corrected chi connectivity index (χ2v) is 11.4. The average molecular weight is 563 g/mol. The summed E-state index contributed by atoms with van der Waals surface area (Å²) in [5.74, 6) is -0.914. The zero-order chi connectivity index (χ0) is 26.3. The summed E-state index contributed by atoms with van der Waals surface area (Å²) in [6.07, 6.45) is 2.03. The number of carbonyl (C=O) groups is 2. The molecule has 0 bridgehead atoms. The van der Waals surface area contributed by atoms with E-state index in [2.05, 4.69) is 5.32 Å². The molecule has 0 aliphatic heterocycles. The van der Waals surface area contributed by atoms with Crippen LogP contribution in [-0.2, 0) is 26.2 Å². The lowest BCUT2D eigenvalue weighted by atomic mass is 10.1. The summed E-state index contributed by atoms with van der Waals surface area (Å²) < 4.78 is 26.2. The molecule has 0 unspecified atom stereocenters. The number of hydrogen-bond donors (Lipinski definition) is 1. The van der Waals surface area contributed by atoms with E-state index in [1.165, 1.54) is 29.2 Å². The molecule has 0 aliphatic rings. The highest BCUT2D eigenvalue weighted by Gasteiger charge is 2.32. The minimum atomic E-state index is -3.83. The molecule has 0 aromatic heterocycles. The number of sulfonamides is 1. The van der Waals surface area contributed by atoms with Crippen LogP contribution in [0.2, 0.25) is 15.1 Å². The predicted molar refractivity (Wildman–Crippen MR) is 143 cm³/mol. The number of anilines is 1. The molecule has 11 heteroatoms. The minimum Gasteiger partial charge on any atom is -0.352 e. The first-order chi connectivity index (χ1) is 16.4. The van der Waals surface area contributed by atoms with Crippen molar-refractivity contribution >= 4 is 62.3 Å². The normalized spacial score (nSPS) is 13.1. The van der Waals surface area contributed by atoms with Crippen LogP contribution in [0.1, 0.15) is 39.2 Å². The van der Waals surface area contributed by atoms with Gasteiger partial charge in [-0.05, 0) is 56.2 Å². The third kappa shape index (κ3) is 8.00. The monoisotopic (exact) mass is 561 g/mol. The van der Waals surface area contributed by atoms with Gasteiger partial charge < -0.3 is 10.2 Å². The highest BCUT2D eigenvalue weighted by atomic mass is 35.5. The van der Waals surface area contributed by atoms with Crippen LogP contribution >= 0.6 is 34.8 Å². The maximum absolute atomic E-state index is 13.7. The van der Waals surface area contributed by atoms with Gasteiger partial charge in [0, 0.05) is 33.2 Å². The first-order valence-electron chi connectivity index (χ1n) is 11.1. The Balaban J connectivity index is 2.49. The molecule has 0 aliphatic carbocycles. The number of rotatable bonds is 11. The number of carbonyl (C=O) groups excluding carboxylic acids is 2. The molecule has 2 rings (SSSR count). The molecule has 0 radical (unpaired) electrons. The maximum atomic E-state index is 13.7. The Hall–Kier alpha value is -2.00. The van der Waals surface area contributed by atoms with E-state index < -0.39 is 28.5 Å². The molecule has 1 N–H and O–H groups in total. The second kappa shape index (κ2) is 12.8. The zero-order valence-corrected chi connectivity index (χ0v) is 23.2. The summed E-state index contributed by atoms with van der Waals surface area (Å²) >= 11 is 18.7. The molecule has 0 saturated heterocycles. The molecule has 2 atom stereocenters. The number of halogens is 3. The molecule has 2 aromatic rings. The van der Waals surface area contributed by atoms with Crippen molar-refractivity contribution in [3.05, 3.63) is 63.1 Å². The summed E-state index contributed by atoms with van der Waals surface area (Å²) in [6.45, 7) is 5.00. The summed E-state index contributed by atoms with van der Waals surface area (Å²) in [6, 6.07) is 10.1. The molecule has 0 spiro atoms. The van der Waals surface area contributed by atoms with Crippen LogP contribution in [0.3, 0.4) is 0 Å². The fraction of sp³-hybridized carbons (Fsp3) is 0.417. The van der Waals surface area contributed by atoms with Gasteiger partial charge >= 0.3 is 0 Å². The van der Waals surface area contributed by atoms with Crippen molar-refractivity contribution in [3.63, 3.8) is 0 Å². The molecule has 0 fully saturated rings. The van der Waals surface area contributed by atoms with Crippen LogP contribution in [-0.4, -0.2) is 50.0 Å².